The third-order valence-corrected chi connectivity index (χ3v) is 4.35. The number of carbonyl (C=O) groups is 2. The third-order valence-electron chi connectivity index (χ3n) is 3.14. The minimum atomic E-state index is -0.882. The average Bonchev–Trinajstić information content (AvgIpc) is 2.36. The van der Waals surface area contributed by atoms with E-state index < -0.39 is 16.8 Å². The van der Waals surface area contributed by atoms with E-state index in [-0.39, 0.29) is 19.7 Å². The first-order valence-electron chi connectivity index (χ1n) is 5.81. The van der Waals surface area contributed by atoms with E-state index in [1.807, 2.05) is 30.3 Å². The lowest BCUT2D eigenvalue weighted by atomic mass is 10.00. The van der Waals surface area contributed by atoms with Crippen LogP contribution in [0.15, 0.2) is 30.3 Å². The molecule has 0 radical (unpaired) electrons. The van der Waals surface area contributed by atoms with E-state index >= 15 is 0 Å². The van der Waals surface area contributed by atoms with Crippen molar-refractivity contribution in [2.24, 2.45) is 0 Å². The van der Waals surface area contributed by atoms with E-state index in [0.29, 0.717) is 0 Å². The molecule has 1 aromatic carbocycles. The van der Waals surface area contributed by atoms with Gasteiger partial charge < -0.3 is 14.7 Å². The quantitative estimate of drug-likeness (QED) is 0.912. The predicted molar refractivity (Wildman–Crippen MR) is 72.1 cm³/mol. The van der Waals surface area contributed by atoms with Crippen molar-refractivity contribution in [3.05, 3.63) is 35.9 Å². The van der Waals surface area contributed by atoms with Gasteiger partial charge in [-0.25, -0.2) is 4.79 Å². The van der Waals surface area contributed by atoms with Gasteiger partial charge in [0.15, 0.2) is 0 Å². The lowest BCUT2D eigenvalue weighted by Gasteiger charge is -2.44. The van der Waals surface area contributed by atoms with Crippen LogP contribution in [0.3, 0.4) is 0 Å². The fourth-order valence-corrected chi connectivity index (χ4v) is 2.61. The number of hydrogen-bond donors (Lipinski definition) is 1. The van der Waals surface area contributed by atoms with Gasteiger partial charge in [0.2, 0.25) is 0 Å². The first-order chi connectivity index (χ1) is 9.07. The Hall–Kier alpha value is -1.69. The third kappa shape index (κ3) is 2.84. The molecule has 1 aliphatic rings. The Morgan fingerprint density at radius 1 is 1.37 bits per heavy atom. The highest BCUT2D eigenvalue weighted by Crippen LogP contribution is 2.34. The van der Waals surface area contributed by atoms with Gasteiger partial charge in [-0.15, -0.1) is 11.8 Å². The van der Waals surface area contributed by atoms with E-state index in [9.17, 15) is 9.59 Å². The molecular weight excluding hydrogens is 266 g/mol. The van der Waals surface area contributed by atoms with Crippen molar-refractivity contribution in [1.29, 1.82) is 0 Å². The smallest absolute Gasteiger partial charge is 0.410 e. The normalized spacial score (nSPS) is 16.6. The molecule has 0 aliphatic carbocycles. The average molecular weight is 281 g/mol. The highest BCUT2D eigenvalue weighted by atomic mass is 32.2. The van der Waals surface area contributed by atoms with Crippen molar-refractivity contribution in [2.75, 3.05) is 19.3 Å². The zero-order valence-corrected chi connectivity index (χ0v) is 11.4. The Bertz CT molecular complexity index is 471. The topological polar surface area (TPSA) is 66.8 Å². The summed E-state index contributed by atoms with van der Waals surface area (Å²) in [6.07, 6.45) is 1.27. The summed E-state index contributed by atoms with van der Waals surface area (Å²) in [5, 5.41) is 9.09. The maximum atomic E-state index is 11.7. The van der Waals surface area contributed by atoms with Crippen LogP contribution in [0.1, 0.15) is 5.56 Å². The Labute approximate surface area is 115 Å². The Balaban J connectivity index is 1.82. The molecule has 0 saturated carbocycles. The lowest BCUT2D eigenvalue weighted by Crippen LogP contribution is -2.65. The van der Waals surface area contributed by atoms with Crippen molar-refractivity contribution in [2.45, 2.75) is 11.4 Å². The summed E-state index contributed by atoms with van der Waals surface area (Å²) in [6, 6.07) is 9.37. The van der Waals surface area contributed by atoms with Crippen LogP contribution >= 0.6 is 11.8 Å². The van der Waals surface area contributed by atoms with Crippen molar-refractivity contribution < 1.29 is 19.4 Å². The molecule has 19 heavy (non-hydrogen) atoms. The summed E-state index contributed by atoms with van der Waals surface area (Å²) in [6.45, 7) is 0.587. The minimum absolute atomic E-state index is 0.192. The van der Waals surface area contributed by atoms with Gasteiger partial charge in [-0.1, -0.05) is 30.3 Å². The highest BCUT2D eigenvalue weighted by molar-refractivity contribution is 8.00. The zero-order valence-electron chi connectivity index (χ0n) is 10.5. The second kappa shape index (κ2) is 5.52. The molecule has 102 valence electrons. The van der Waals surface area contributed by atoms with Gasteiger partial charge in [0.05, 0.1) is 13.1 Å². The molecule has 1 aromatic rings. The van der Waals surface area contributed by atoms with Crippen LogP contribution in [-0.2, 0) is 16.1 Å². The lowest BCUT2D eigenvalue weighted by molar-refractivity contribution is -0.143. The summed E-state index contributed by atoms with van der Waals surface area (Å²) in [4.78, 5) is 24.2. The Morgan fingerprint density at radius 2 is 2.00 bits per heavy atom. The molecule has 0 bridgehead atoms. The van der Waals surface area contributed by atoms with Crippen LogP contribution in [0.25, 0.3) is 0 Å². The summed E-state index contributed by atoms with van der Waals surface area (Å²) in [7, 11) is 0. The number of carbonyl (C=O) groups excluding carboxylic acids is 1. The van der Waals surface area contributed by atoms with Crippen LogP contribution in [0.2, 0.25) is 0 Å². The number of likely N-dealkylation sites (tertiary alicyclic amines) is 1. The molecule has 1 N–H and O–H groups in total. The maximum Gasteiger partial charge on any atom is 0.410 e. The molecule has 1 saturated heterocycles. The van der Waals surface area contributed by atoms with Crippen molar-refractivity contribution in [1.82, 2.24) is 4.90 Å². The molecule has 0 atom stereocenters. The van der Waals surface area contributed by atoms with E-state index in [2.05, 4.69) is 0 Å². The number of nitrogens with zero attached hydrogens (tertiary/aromatic N) is 1. The number of carboxylic acid groups (broad SMARTS) is 1. The maximum absolute atomic E-state index is 11.7. The first-order valence-corrected chi connectivity index (χ1v) is 7.04. The highest BCUT2D eigenvalue weighted by Gasteiger charge is 2.51. The Morgan fingerprint density at radius 3 is 2.53 bits per heavy atom. The van der Waals surface area contributed by atoms with Gasteiger partial charge in [0.1, 0.15) is 11.4 Å². The number of aliphatic carboxylic acids is 1. The fraction of sp³-hybridized carbons (Fsp3) is 0.385. The van der Waals surface area contributed by atoms with Crippen LogP contribution in [0.5, 0.6) is 0 Å². The van der Waals surface area contributed by atoms with Crippen LogP contribution < -0.4 is 0 Å². The molecule has 0 spiro atoms. The largest absolute Gasteiger partial charge is 0.480 e. The standard InChI is InChI=1S/C13H15NO4S/c1-19-13(11(15)16)8-14(9-13)12(17)18-7-10-5-3-2-4-6-10/h2-6H,7-9H2,1H3,(H,15,16). The van der Waals surface area contributed by atoms with Crippen LogP contribution in [0, 0.1) is 0 Å². The Kier molecular flexibility index (Phi) is 3.99. The number of thioether (sulfide) groups is 1. The molecule has 1 amide bonds. The summed E-state index contributed by atoms with van der Waals surface area (Å²) >= 11 is 1.25. The molecule has 1 heterocycles. The molecule has 1 aliphatic heterocycles. The van der Waals surface area contributed by atoms with Gasteiger partial charge in [-0.05, 0) is 11.8 Å². The first kappa shape index (κ1) is 13.7. The fourth-order valence-electron chi connectivity index (χ4n) is 1.86. The summed E-state index contributed by atoms with van der Waals surface area (Å²) in [5.41, 5.74) is 0.908. The molecule has 2 rings (SSSR count). The van der Waals surface area contributed by atoms with E-state index in [4.69, 9.17) is 9.84 Å². The van der Waals surface area contributed by atoms with Crippen molar-refractivity contribution in [3.8, 4) is 0 Å². The van der Waals surface area contributed by atoms with E-state index in [1.165, 1.54) is 16.7 Å². The number of ether oxygens (including phenoxy) is 1. The molecule has 6 heteroatoms. The second-order valence-electron chi connectivity index (χ2n) is 4.40. The molecule has 1 fully saturated rings. The zero-order chi connectivity index (χ0) is 13.9. The monoisotopic (exact) mass is 281 g/mol. The number of hydrogen-bond acceptors (Lipinski definition) is 4. The van der Waals surface area contributed by atoms with Gasteiger partial charge in [0, 0.05) is 0 Å². The van der Waals surface area contributed by atoms with Gasteiger partial charge >= 0.3 is 12.1 Å². The van der Waals surface area contributed by atoms with E-state index in [0.717, 1.165) is 5.56 Å². The van der Waals surface area contributed by atoms with Crippen molar-refractivity contribution in [3.63, 3.8) is 0 Å². The van der Waals surface area contributed by atoms with Crippen molar-refractivity contribution >= 4 is 23.8 Å². The number of benzene rings is 1. The number of amides is 1. The minimum Gasteiger partial charge on any atom is -0.480 e. The number of carboxylic acids is 1. The summed E-state index contributed by atoms with van der Waals surface area (Å²) < 4.78 is 4.27. The van der Waals surface area contributed by atoms with Gasteiger partial charge in [-0.2, -0.15) is 0 Å². The second-order valence-corrected chi connectivity index (χ2v) is 5.59. The molecule has 5 nitrogen and oxygen atoms in total. The molecular formula is C13H15NO4S. The van der Waals surface area contributed by atoms with Crippen LogP contribution in [-0.4, -0.2) is 46.2 Å². The van der Waals surface area contributed by atoms with Crippen LogP contribution in [0.4, 0.5) is 4.79 Å². The van der Waals surface area contributed by atoms with Gasteiger partial charge in [-0.3, -0.25) is 4.79 Å². The SMILES string of the molecule is CSC1(C(=O)O)CN(C(=O)OCc2ccccc2)C1. The summed E-state index contributed by atoms with van der Waals surface area (Å²) in [5.74, 6) is -0.882. The molecule has 0 aromatic heterocycles. The van der Waals surface area contributed by atoms with Gasteiger partial charge in [0.25, 0.3) is 0 Å². The predicted octanol–water partition coefficient (Wildman–Crippen LogP) is 1.83. The molecule has 0 unspecified atom stereocenters. The van der Waals surface area contributed by atoms with E-state index in [1.54, 1.807) is 6.26 Å². The number of rotatable bonds is 4.